The van der Waals surface area contributed by atoms with Crippen molar-refractivity contribution in [1.82, 2.24) is 0 Å². The first-order valence-corrected chi connectivity index (χ1v) is 4.76. The van der Waals surface area contributed by atoms with Gasteiger partial charge in [0.25, 0.3) is 0 Å². The van der Waals surface area contributed by atoms with E-state index in [1.54, 1.807) is 0 Å². The first-order chi connectivity index (χ1) is 6.16. The molecule has 0 amide bonds. The zero-order valence-electron chi connectivity index (χ0n) is 7.57. The third-order valence-electron chi connectivity index (χ3n) is 3.23. The SMILES string of the molecule is C=C(CC1CC2C=CC1C2)C(=O)O. The maximum Gasteiger partial charge on any atom is 0.330 e. The first-order valence-electron chi connectivity index (χ1n) is 4.76. The Morgan fingerprint density at radius 2 is 2.23 bits per heavy atom. The molecule has 0 radical (unpaired) electrons. The second-order valence-electron chi connectivity index (χ2n) is 4.15. The van der Waals surface area contributed by atoms with Gasteiger partial charge in [-0.1, -0.05) is 18.7 Å². The summed E-state index contributed by atoms with van der Waals surface area (Å²) in [6, 6.07) is 0. The van der Waals surface area contributed by atoms with E-state index in [2.05, 4.69) is 18.7 Å². The molecule has 0 aliphatic heterocycles. The molecule has 0 saturated heterocycles. The lowest BCUT2D eigenvalue weighted by molar-refractivity contribution is -0.132. The highest BCUT2D eigenvalue weighted by Gasteiger charge is 2.35. The second-order valence-corrected chi connectivity index (χ2v) is 4.15. The molecule has 2 rings (SSSR count). The number of carbonyl (C=O) groups is 1. The molecular weight excluding hydrogens is 164 g/mol. The maximum absolute atomic E-state index is 10.6. The van der Waals surface area contributed by atoms with Crippen molar-refractivity contribution in [3.63, 3.8) is 0 Å². The summed E-state index contributed by atoms with van der Waals surface area (Å²) in [6.07, 6.45) is 7.57. The average Bonchev–Trinajstić information content (AvgIpc) is 2.64. The Morgan fingerprint density at radius 3 is 2.69 bits per heavy atom. The Kier molecular flexibility index (Phi) is 1.98. The molecule has 1 fully saturated rings. The van der Waals surface area contributed by atoms with Crippen molar-refractivity contribution in [1.29, 1.82) is 0 Å². The number of fused-ring (bicyclic) bond motifs is 2. The molecule has 3 atom stereocenters. The van der Waals surface area contributed by atoms with Crippen molar-refractivity contribution in [3.8, 4) is 0 Å². The van der Waals surface area contributed by atoms with Crippen molar-refractivity contribution < 1.29 is 9.90 Å². The summed E-state index contributed by atoms with van der Waals surface area (Å²) >= 11 is 0. The van der Waals surface area contributed by atoms with Crippen LogP contribution in [0.4, 0.5) is 0 Å². The van der Waals surface area contributed by atoms with E-state index in [4.69, 9.17) is 5.11 Å². The molecule has 0 heterocycles. The van der Waals surface area contributed by atoms with E-state index >= 15 is 0 Å². The Bertz CT molecular complexity index is 278. The van der Waals surface area contributed by atoms with E-state index in [9.17, 15) is 4.79 Å². The van der Waals surface area contributed by atoms with Crippen LogP contribution < -0.4 is 0 Å². The normalized spacial score (nSPS) is 35.2. The third kappa shape index (κ3) is 1.53. The summed E-state index contributed by atoms with van der Waals surface area (Å²) in [7, 11) is 0. The lowest BCUT2D eigenvalue weighted by Gasteiger charge is -2.17. The van der Waals surface area contributed by atoms with Gasteiger partial charge in [-0.15, -0.1) is 0 Å². The van der Waals surface area contributed by atoms with Gasteiger partial charge in [-0.2, -0.15) is 0 Å². The van der Waals surface area contributed by atoms with E-state index in [1.807, 2.05) is 0 Å². The number of carboxylic acids is 1. The third-order valence-corrected chi connectivity index (χ3v) is 3.23. The van der Waals surface area contributed by atoms with Crippen LogP contribution in [0.5, 0.6) is 0 Å². The molecule has 2 heteroatoms. The molecule has 1 N–H and O–H groups in total. The molecule has 2 aliphatic carbocycles. The van der Waals surface area contributed by atoms with Crippen molar-refractivity contribution >= 4 is 5.97 Å². The monoisotopic (exact) mass is 178 g/mol. The summed E-state index contributed by atoms with van der Waals surface area (Å²) < 4.78 is 0. The van der Waals surface area contributed by atoms with Crippen LogP contribution >= 0.6 is 0 Å². The summed E-state index contributed by atoms with van der Waals surface area (Å²) in [5.74, 6) is 1.04. The van der Waals surface area contributed by atoms with E-state index < -0.39 is 5.97 Å². The molecule has 13 heavy (non-hydrogen) atoms. The summed E-state index contributed by atoms with van der Waals surface area (Å²) in [5, 5.41) is 8.69. The second kappa shape index (κ2) is 3.02. The number of rotatable bonds is 3. The van der Waals surface area contributed by atoms with E-state index in [0.717, 1.165) is 12.3 Å². The topological polar surface area (TPSA) is 37.3 Å². The van der Waals surface area contributed by atoms with E-state index in [0.29, 0.717) is 23.8 Å². The van der Waals surface area contributed by atoms with Gasteiger partial charge in [0.05, 0.1) is 0 Å². The largest absolute Gasteiger partial charge is 0.478 e. The zero-order valence-corrected chi connectivity index (χ0v) is 7.57. The lowest BCUT2D eigenvalue weighted by Crippen LogP contribution is -2.11. The summed E-state index contributed by atoms with van der Waals surface area (Å²) in [6.45, 7) is 3.58. The Hall–Kier alpha value is -1.05. The maximum atomic E-state index is 10.6. The molecule has 0 aromatic carbocycles. The molecule has 1 saturated carbocycles. The zero-order chi connectivity index (χ0) is 9.42. The number of aliphatic carboxylic acids is 1. The molecule has 2 nitrogen and oxygen atoms in total. The molecular formula is C11H14O2. The van der Waals surface area contributed by atoms with Crippen LogP contribution in [0.15, 0.2) is 24.3 Å². The molecule has 2 aliphatic rings. The highest BCUT2D eigenvalue weighted by molar-refractivity contribution is 5.85. The highest BCUT2D eigenvalue weighted by atomic mass is 16.4. The quantitative estimate of drug-likeness (QED) is 0.531. The van der Waals surface area contributed by atoms with Crippen molar-refractivity contribution in [2.24, 2.45) is 17.8 Å². The predicted octanol–water partition coefficient (Wildman–Crippen LogP) is 2.23. The molecule has 70 valence electrons. The van der Waals surface area contributed by atoms with Gasteiger partial charge >= 0.3 is 5.97 Å². The molecule has 3 unspecified atom stereocenters. The molecule has 0 spiro atoms. The summed E-state index contributed by atoms with van der Waals surface area (Å²) in [4.78, 5) is 10.6. The van der Waals surface area contributed by atoms with Gasteiger partial charge in [0.15, 0.2) is 0 Å². The van der Waals surface area contributed by atoms with Gasteiger partial charge in [0.1, 0.15) is 0 Å². The van der Waals surface area contributed by atoms with Crippen LogP contribution in [0.3, 0.4) is 0 Å². The number of carboxylic acid groups (broad SMARTS) is 1. The van der Waals surface area contributed by atoms with Crippen molar-refractivity contribution in [2.75, 3.05) is 0 Å². The Morgan fingerprint density at radius 1 is 1.46 bits per heavy atom. The fourth-order valence-electron chi connectivity index (χ4n) is 2.53. The van der Waals surface area contributed by atoms with E-state index in [-0.39, 0.29) is 0 Å². The van der Waals surface area contributed by atoms with Crippen molar-refractivity contribution in [3.05, 3.63) is 24.3 Å². The molecule has 2 bridgehead atoms. The summed E-state index contributed by atoms with van der Waals surface area (Å²) in [5.41, 5.74) is 0.367. The number of hydrogen-bond acceptors (Lipinski definition) is 1. The predicted molar refractivity (Wildman–Crippen MR) is 50.2 cm³/mol. The van der Waals surface area contributed by atoms with Crippen molar-refractivity contribution in [2.45, 2.75) is 19.3 Å². The smallest absolute Gasteiger partial charge is 0.330 e. The standard InChI is InChI=1S/C11H14O2/c1-7(11(12)13)4-10-6-8-2-3-9(10)5-8/h2-3,8-10H,1,4-6H2,(H,12,13). The van der Waals surface area contributed by atoms with Gasteiger partial charge in [-0.3, -0.25) is 0 Å². The van der Waals surface area contributed by atoms with Gasteiger partial charge < -0.3 is 5.11 Å². The van der Waals surface area contributed by atoms with Gasteiger partial charge in [-0.25, -0.2) is 4.79 Å². The van der Waals surface area contributed by atoms with Gasteiger partial charge in [-0.05, 0) is 37.0 Å². The minimum Gasteiger partial charge on any atom is -0.478 e. The van der Waals surface area contributed by atoms with Crippen LogP contribution in [-0.4, -0.2) is 11.1 Å². The average molecular weight is 178 g/mol. The minimum atomic E-state index is -0.841. The minimum absolute atomic E-state index is 0.367. The van der Waals surface area contributed by atoms with Crippen LogP contribution in [0, 0.1) is 17.8 Å². The van der Waals surface area contributed by atoms with Crippen LogP contribution in [0.1, 0.15) is 19.3 Å². The van der Waals surface area contributed by atoms with E-state index in [1.165, 1.54) is 6.42 Å². The number of allylic oxidation sites excluding steroid dienone is 2. The first kappa shape index (κ1) is 8.54. The Labute approximate surface area is 78.0 Å². The van der Waals surface area contributed by atoms with Gasteiger partial charge in [0.2, 0.25) is 0 Å². The van der Waals surface area contributed by atoms with Crippen LogP contribution in [0.2, 0.25) is 0 Å². The number of hydrogen-bond donors (Lipinski definition) is 1. The van der Waals surface area contributed by atoms with Crippen LogP contribution in [-0.2, 0) is 4.79 Å². The molecule has 0 aromatic heterocycles. The van der Waals surface area contributed by atoms with Gasteiger partial charge in [0, 0.05) is 5.57 Å². The Balaban J connectivity index is 1.94. The lowest BCUT2D eigenvalue weighted by atomic mass is 9.88. The fraction of sp³-hybridized carbons (Fsp3) is 0.545. The molecule has 0 aromatic rings. The highest BCUT2D eigenvalue weighted by Crippen LogP contribution is 2.45. The fourth-order valence-corrected chi connectivity index (χ4v) is 2.53. The van der Waals surface area contributed by atoms with Crippen LogP contribution in [0.25, 0.3) is 0 Å².